The van der Waals surface area contributed by atoms with E-state index in [9.17, 15) is 4.79 Å². The summed E-state index contributed by atoms with van der Waals surface area (Å²) in [5.74, 6) is 5.45. The first kappa shape index (κ1) is 27.8. The zero-order chi connectivity index (χ0) is 25.5. The summed E-state index contributed by atoms with van der Waals surface area (Å²) in [5.41, 5.74) is 4.06. The molecule has 0 bridgehead atoms. The molecule has 2 rings (SSSR count). The highest BCUT2D eigenvalue weighted by molar-refractivity contribution is 6.46. The van der Waals surface area contributed by atoms with E-state index in [2.05, 4.69) is 21.3 Å². The average Bonchev–Trinajstić information content (AvgIpc) is 2.87. The van der Waals surface area contributed by atoms with E-state index in [-0.39, 0.29) is 19.0 Å². The zero-order valence-corrected chi connectivity index (χ0v) is 20.3. The van der Waals surface area contributed by atoms with Crippen LogP contribution in [0.3, 0.4) is 0 Å². The SMILES string of the molecule is CCOC(CCOC(=O)NC1C=CC=C(CO/N=C(\C(=N)N(C)NN)c2ccccc2)N1)OCC. The third kappa shape index (κ3) is 9.74. The molecule has 0 fully saturated rings. The molecule has 0 radical (unpaired) electrons. The van der Waals surface area contributed by atoms with Crippen LogP contribution in [0.4, 0.5) is 4.79 Å². The van der Waals surface area contributed by atoms with E-state index in [1.54, 1.807) is 25.3 Å². The van der Waals surface area contributed by atoms with Crippen molar-refractivity contribution in [3.63, 3.8) is 0 Å². The third-order valence-electron chi connectivity index (χ3n) is 4.68. The van der Waals surface area contributed by atoms with Crippen molar-refractivity contribution in [2.45, 2.75) is 32.7 Å². The van der Waals surface area contributed by atoms with Gasteiger partial charge in [-0.2, -0.15) is 5.53 Å². The maximum Gasteiger partial charge on any atom is 0.409 e. The van der Waals surface area contributed by atoms with Gasteiger partial charge >= 0.3 is 6.09 Å². The lowest BCUT2D eigenvalue weighted by atomic mass is 10.1. The summed E-state index contributed by atoms with van der Waals surface area (Å²) in [4.78, 5) is 17.6. The number of nitrogens with two attached hydrogens (primary N) is 1. The molecule has 12 nitrogen and oxygen atoms in total. The van der Waals surface area contributed by atoms with E-state index < -0.39 is 18.5 Å². The number of hydrogen-bond donors (Lipinski definition) is 5. The van der Waals surface area contributed by atoms with Crippen LogP contribution in [0.2, 0.25) is 0 Å². The number of carbonyl (C=O) groups is 1. The molecule has 12 heteroatoms. The van der Waals surface area contributed by atoms with Gasteiger partial charge in [0.05, 0.1) is 12.3 Å². The number of allylic oxidation sites excluding steroid dienone is 2. The monoisotopic (exact) mass is 489 g/mol. The number of hydrazine groups is 2. The average molecular weight is 490 g/mol. The van der Waals surface area contributed by atoms with E-state index in [0.717, 1.165) is 0 Å². The lowest BCUT2D eigenvalue weighted by Crippen LogP contribution is -2.47. The Hall–Kier alpha value is -3.45. The molecule has 35 heavy (non-hydrogen) atoms. The topological polar surface area (TPSA) is 156 Å². The number of ether oxygens (including phenoxy) is 3. The number of amides is 1. The van der Waals surface area contributed by atoms with Gasteiger partial charge < -0.3 is 24.4 Å². The molecule has 1 aromatic rings. The second-order valence-electron chi connectivity index (χ2n) is 7.22. The fourth-order valence-electron chi connectivity index (χ4n) is 2.97. The number of benzene rings is 1. The second kappa shape index (κ2) is 15.5. The number of hydrogen-bond acceptors (Lipinski definition) is 10. The molecule has 6 N–H and O–H groups in total. The van der Waals surface area contributed by atoms with E-state index in [1.165, 1.54) is 5.01 Å². The Morgan fingerprint density at radius 2 is 1.97 bits per heavy atom. The van der Waals surface area contributed by atoms with Crippen LogP contribution in [0, 0.1) is 5.41 Å². The van der Waals surface area contributed by atoms with E-state index >= 15 is 0 Å². The molecule has 1 heterocycles. The summed E-state index contributed by atoms with van der Waals surface area (Å²) >= 11 is 0. The highest BCUT2D eigenvalue weighted by Crippen LogP contribution is 2.07. The highest BCUT2D eigenvalue weighted by atomic mass is 16.7. The molecule has 1 aromatic carbocycles. The summed E-state index contributed by atoms with van der Waals surface area (Å²) < 4.78 is 16.1. The first-order valence-corrected chi connectivity index (χ1v) is 11.3. The van der Waals surface area contributed by atoms with Gasteiger partial charge in [0.15, 0.2) is 24.4 Å². The minimum atomic E-state index is -0.573. The summed E-state index contributed by atoms with van der Waals surface area (Å²) in [6, 6.07) is 9.19. The fourth-order valence-corrected chi connectivity index (χ4v) is 2.97. The predicted molar refractivity (Wildman–Crippen MR) is 132 cm³/mol. The van der Waals surface area contributed by atoms with Crippen LogP contribution in [-0.4, -0.2) is 68.6 Å². The number of dihydropyridines is 1. The van der Waals surface area contributed by atoms with Crippen LogP contribution in [0.25, 0.3) is 0 Å². The Kier molecular flexibility index (Phi) is 12.3. The van der Waals surface area contributed by atoms with Gasteiger partial charge in [-0.1, -0.05) is 41.6 Å². The van der Waals surface area contributed by atoms with Crippen molar-refractivity contribution in [2.24, 2.45) is 11.0 Å². The van der Waals surface area contributed by atoms with Crippen molar-refractivity contribution in [1.29, 1.82) is 5.41 Å². The van der Waals surface area contributed by atoms with Crippen LogP contribution in [0.15, 0.2) is 59.4 Å². The number of likely N-dealkylation sites (N-methyl/N-ethyl adjacent to an activating group) is 1. The van der Waals surface area contributed by atoms with Gasteiger partial charge in [-0.05, 0) is 26.0 Å². The van der Waals surface area contributed by atoms with Gasteiger partial charge in [-0.15, -0.1) is 0 Å². The smallest absolute Gasteiger partial charge is 0.409 e. The summed E-state index contributed by atoms with van der Waals surface area (Å²) in [7, 11) is 1.60. The van der Waals surface area contributed by atoms with E-state index in [4.69, 9.17) is 30.3 Å². The van der Waals surface area contributed by atoms with E-state index in [0.29, 0.717) is 36.6 Å². The lowest BCUT2D eigenvalue weighted by molar-refractivity contribution is -0.143. The number of nitrogens with zero attached hydrogens (tertiary/aromatic N) is 2. The van der Waals surface area contributed by atoms with Crippen molar-refractivity contribution in [3.8, 4) is 0 Å². The van der Waals surface area contributed by atoms with Gasteiger partial charge in [0.25, 0.3) is 0 Å². The number of carbonyl (C=O) groups excluding carboxylic acids is 1. The Balaban J connectivity index is 1.85. The van der Waals surface area contributed by atoms with Gasteiger partial charge in [-0.3, -0.25) is 21.6 Å². The van der Waals surface area contributed by atoms with Crippen molar-refractivity contribution in [3.05, 3.63) is 59.8 Å². The molecule has 1 aliphatic heterocycles. The second-order valence-corrected chi connectivity index (χ2v) is 7.22. The Morgan fingerprint density at radius 3 is 2.63 bits per heavy atom. The Morgan fingerprint density at radius 1 is 1.26 bits per heavy atom. The minimum absolute atomic E-state index is 0.0300. The number of nitrogens with one attached hydrogen (secondary N) is 4. The molecule has 0 aliphatic carbocycles. The molecule has 192 valence electrons. The molecule has 1 atom stereocenters. The first-order chi connectivity index (χ1) is 17.0. The maximum absolute atomic E-state index is 12.1. The van der Waals surface area contributed by atoms with Crippen LogP contribution in [0.1, 0.15) is 25.8 Å². The summed E-state index contributed by atoms with van der Waals surface area (Å²) in [6.07, 6.45) is 4.34. The molecule has 1 aliphatic rings. The Labute approximate surface area is 205 Å². The summed E-state index contributed by atoms with van der Waals surface area (Å²) in [6.45, 7) is 5.04. The van der Waals surface area contributed by atoms with Crippen LogP contribution in [-0.2, 0) is 19.0 Å². The third-order valence-corrected chi connectivity index (χ3v) is 4.68. The lowest BCUT2D eigenvalue weighted by Gasteiger charge is -2.22. The van der Waals surface area contributed by atoms with Crippen molar-refractivity contribution < 1.29 is 23.8 Å². The number of rotatable bonds is 14. The van der Waals surface area contributed by atoms with Gasteiger partial charge in [0, 0.05) is 32.2 Å². The standard InChI is InChI=1S/C23H35N7O5/c1-4-32-20(33-5-2)14-15-34-23(31)27-19-13-9-12-18(26-19)16-35-28-21(22(24)30(3)29-25)17-10-7-6-8-11-17/h6-13,19-20,24,26,29H,4-5,14-16,25H2,1-3H3,(H,27,31)/b24-22?,28-21-. The molecule has 0 saturated carbocycles. The van der Waals surface area contributed by atoms with Gasteiger partial charge in [-0.25, -0.2) is 4.79 Å². The van der Waals surface area contributed by atoms with Crippen molar-refractivity contribution >= 4 is 17.6 Å². The van der Waals surface area contributed by atoms with Crippen molar-refractivity contribution in [2.75, 3.05) is 33.5 Å². The Bertz CT molecular complexity index is 886. The van der Waals surface area contributed by atoms with E-state index in [1.807, 2.05) is 44.2 Å². The fraction of sp³-hybridized carbons (Fsp3) is 0.435. The quantitative estimate of drug-likeness (QED) is 0.0861. The molecular weight excluding hydrogens is 454 g/mol. The van der Waals surface area contributed by atoms with Gasteiger partial charge in [0.2, 0.25) is 0 Å². The largest absolute Gasteiger partial charge is 0.449 e. The molecule has 0 aromatic heterocycles. The molecule has 0 spiro atoms. The first-order valence-electron chi connectivity index (χ1n) is 11.3. The zero-order valence-electron chi connectivity index (χ0n) is 20.3. The van der Waals surface area contributed by atoms with Crippen LogP contribution < -0.4 is 22.0 Å². The van der Waals surface area contributed by atoms with Crippen LogP contribution in [0.5, 0.6) is 0 Å². The minimum Gasteiger partial charge on any atom is -0.449 e. The number of oxime groups is 1. The highest BCUT2D eigenvalue weighted by Gasteiger charge is 2.17. The molecular formula is C23H35N7O5. The molecule has 1 unspecified atom stereocenters. The number of alkyl carbamates (subject to hydrolysis) is 1. The maximum atomic E-state index is 12.1. The van der Waals surface area contributed by atoms with Crippen LogP contribution >= 0.6 is 0 Å². The molecule has 1 amide bonds. The normalized spacial score (nSPS) is 15.3. The number of amidine groups is 1. The van der Waals surface area contributed by atoms with Crippen molar-refractivity contribution in [1.82, 2.24) is 21.2 Å². The molecule has 0 saturated heterocycles. The van der Waals surface area contributed by atoms with Gasteiger partial charge in [0.1, 0.15) is 6.17 Å². The predicted octanol–water partition coefficient (Wildman–Crippen LogP) is 1.58. The summed E-state index contributed by atoms with van der Waals surface area (Å²) in [5, 5.41) is 19.6.